The maximum absolute atomic E-state index is 5.41. The summed E-state index contributed by atoms with van der Waals surface area (Å²) in [7, 11) is 1.70. The van der Waals surface area contributed by atoms with Crippen LogP contribution < -0.4 is 5.32 Å². The Bertz CT molecular complexity index is 172. The molecule has 1 saturated carbocycles. The van der Waals surface area contributed by atoms with Crippen LogP contribution in [-0.4, -0.2) is 51.0 Å². The van der Waals surface area contributed by atoms with Crippen molar-refractivity contribution in [2.45, 2.75) is 30.4 Å². The van der Waals surface area contributed by atoms with Crippen molar-refractivity contribution in [2.24, 2.45) is 0 Å². The molecule has 0 amide bonds. The smallest absolute Gasteiger partial charge is 0.0700 e. The van der Waals surface area contributed by atoms with Crippen LogP contribution in [0.3, 0.4) is 0 Å². The molecule has 0 bridgehead atoms. The molecule has 1 N–H and O–H groups in total. The van der Waals surface area contributed by atoms with Gasteiger partial charge in [-0.2, -0.15) is 11.8 Å². The molecule has 0 aromatic rings. The predicted octanol–water partition coefficient (Wildman–Crippen LogP) is 1.91. The number of thioether (sulfide) groups is 1. The highest BCUT2D eigenvalue weighted by Crippen LogP contribution is 2.39. The van der Waals surface area contributed by atoms with Crippen LogP contribution in [0.25, 0.3) is 0 Å². The van der Waals surface area contributed by atoms with Gasteiger partial charge < -0.3 is 14.8 Å². The van der Waals surface area contributed by atoms with Crippen molar-refractivity contribution >= 4 is 11.8 Å². The molecule has 96 valence electrons. The van der Waals surface area contributed by atoms with Crippen molar-refractivity contribution in [3.63, 3.8) is 0 Å². The van der Waals surface area contributed by atoms with Crippen molar-refractivity contribution < 1.29 is 9.47 Å². The van der Waals surface area contributed by atoms with Crippen molar-refractivity contribution in [1.29, 1.82) is 0 Å². The first-order valence-electron chi connectivity index (χ1n) is 6.15. The Morgan fingerprint density at radius 1 is 1.19 bits per heavy atom. The van der Waals surface area contributed by atoms with E-state index in [4.69, 9.17) is 9.47 Å². The molecule has 0 aromatic heterocycles. The van der Waals surface area contributed by atoms with Crippen LogP contribution in [0, 0.1) is 0 Å². The fraction of sp³-hybridized carbons (Fsp3) is 1.00. The standard InChI is InChI=1S/C12H25NO2S/c1-14-9-10-15-8-7-13-11-12(16-2)5-3-4-6-12/h13H,3-11H2,1-2H3. The van der Waals surface area contributed by atoms with Crippen LogP contribution in [0.4, 0.5) is 0 Å². The number of nitrogens with one attached hydrogen (secondary N) is 1. The molecule has 0 atom stereocenters. The van der Waals surface area contributed by atoms with Gasteiger partial charge in [-0.05, 0) is 19.1 Å². The van der Waals surface area contributed by atoms with E-state index >= 15 is 0 Å². The highest BCUT2D eigenvalue weighted by atomic mass is 32.2. The molecule has 0 heterocycles. The van der Waals surface area contributed by atoms with Gasteiger partial charge in [-0.3, -0.25) is 0 Å². The van der Waals surface area contributed by atoms with Crippen molar-refractivity contribution in [2.75, 3.05) is 46.3 Å². The minimum Gasteiger partial charge on any atom is -0.382 e. The van der Waals surface area contributed by atoms with Gasteiger partial charge in [0.05, 0.1) is 19.8 Å². The maximum atomic E-state index is 5.41. The Morgan fingerprint density at radius 3 is 2.56 bits per heavy atom. The first-order valence-corrected chi connectivity index (χ1v) is 7.38. The average molecular weight is 247 g/mol. The van der Waals surface area contributed by atoms with Gasteiger partial charge in [-0.15, -0.1) is 0 Å². The third-order valence-corrected chi connectivity index (χ3v) is 4.67. The van der Waals surface area contributed by atoms with E-state index in [2.05, 4.69) is 11.6 Å². The largest absolute Gasteiger partial charge is 0.382 e. The molecule has 1 aliphatic rings. The van der Waals surface area contributed by atoms with Crippen molar-refractivity contribution in [3.05, 3.63) is 0 Å². The summed E-state index contributed by atoms with van der Waals surface area (Å²) in [5.41, 5.74) is 0. The molecule has 0 spiro atoms. The van der Waals surface area contributed by atoms with Gasteiger partial charge in [0.15, 0.2) is 0 Å². The van der Waals surface area contributed by atoms with E-state index in [1.165, 1.54) is 25.7 Å². The molecule has 0 radical (unpaired) electrons. The van der Waals surface area contributed by atoms with Crippen molar-refractivity contribution in [3.8, 4) is 0 Å². The summed E-state index contributed by atoms with van der Waals surface area (Å²) in [6, 6.07) is 0. The quantitative estimate of drug-likeness (QED) is 0.631. The average Bonchev–Trinajstić information content (AvgIpc) is 2.77. The molecular weight excluding hydrogens is 222 g/mol. The fourth-order valence-electron chi connectivity index (χ4n) is 2.18. The van der Waals surface area contributed by atoms with Crippen LogP contribution in [0.15, 0.2) is 0 Å². The minimum absolute atomic E-state index is 0.506. The van der Waals surface area contributed by atoms with Gasteiger partial charge in [0.1, 0.15) is 0 Å². The molecule has 16 heavy (non-hydrogen) atoms. The Kier molecular flexibility index (Phi) is 7.45. The van der Waals surface area contributed by atoms with E-state index in [0.717, 1.165) is 19.7 Å². The van der Waals surface area contributed by atoms with Gasteiger partial charge in [0, 0.05) is 24.9 Å². The highest BCUT2D eigenvalue weighted by Gasteiger charge is 2.32. The summed E-state index contributed by atoms with van der Waals surface area (Å²) >= 11 is 2.03. The van der Waals surface area contributed by atoms with Crippen LogP contribution in [-0.2, 0) is 9.47 Å². The van der Waals surface area contributed by atoms with E-state index in [-0.39, 0.29) is 0 Å². The summed E-state index contributed by atoms with van der Waals surface area (Å²) < 4.78 is 10.8. The Balaban J connectivity index is 1.97. The Morgan fingerprint density at radius 2 is 1.94 bits per heavy atom. The minimum atomic E-state index is 0.506. The highest BCUT2D eigenvalue weighted by molar-refractivity contribution is 8.00. The zero-order valence-corrected chi connectivity index (χ0v) is 11.4. The second kappa shape index (κ2) is 8.34. The van der Waals surface area contributed by atoms with Gasteiger partial charge in [-0.1, -0.05) is 12.8 Å². The lowest BCUT2D eigenvalue weighted by molar-refractivity contribution is 0.0718. The number of ether oxygens (including phenoxy) is 2. The van der Waals surface area contributed by atoms with Gasteiger partial charge in [0.2, 0.25) is 0 Å². The predicted molar refractivity (Wildman–Crippen MR) is 70.3 cm³/mol. The van der Waals surface area contributed by atoms with E-state index < -0.39 is 0 Å². The van der Waals surface area contributed by atoms with E-state index in [1.54, 1.807) is 7.11 Å². The number of rotatable bonds is 9. The Labute approximate surface area is 104 Å². The molecule has 4 heteroatoms. The summed E-state index contributed by atoms with van der Waals surface area (Å²) in [5.74, 6) is 0. The SMILES string of the molecule is COCCOCCNCC1(SC)CCCC1. The second-order valence-corrected chi connectivity index (χ2v) is 5.65. The molecule has 0 aromatic carbocycles. The summed E-state index contributed by atoms with van der Waals surface area (Å²) in [5, 5.41) is 3.51. The third kappa shape index (κ3) is 5.04. The van der Waals surface area contributed by atoms with Gasteiger partial charge >= 0.3 is 0 Å². The third-order valence-electron chi connectivity index (χ3n) is 3.25. The zero-order chi connectivity index (χ0) is 11.7. The fourth-order valence-corrected chi connectivity index (χ4v) is 3.12. The van der Waals surface area contributed by atoms with Crippen molar-refractivity contribution in [1.82, 2.24) is 5.32 Å². The maximum Gasteiger partial charge on any atom is 0.0700 e. The molecule has 0 unspecified atom stereocenters. The normalized spacial score (nSPS) is 19.1. The lowest BCUT2D eigenvalue weighted by atomic mass is 10.1. The van der Waals surface area contributed by atoms with E-state index in [0.29, 0.717) is 18.0 Å². The second-order valence-electron chi connectivity index (χ2n) is 4.38. The molecule has 1 rings (SSSR count). The molecule has 1 aliphatic carbocycles. The van der Waals surface area contributed by atoms with Crippen LogP contribution in [0.2, 0.25) is 0 Å². The molecule has 3 nitrogen and oxygen atoms in total. The first-order chi connectivity index (χ1) is 7.83. The summed E-state index contributed by atoms with van der Waals surface area (Å²) in [6.45, 7) is 4.25. The lowest BCUT2D eigenvalue weighted by Gasteiger charge is -2.27. The summed E-state index contributed by atoms with van der Waals surface area (Å²) in [4.78, 5) is 0. The van der Waals surface area contributed by atoms with E-state index in [9.17, 15) is 0 Å². The first kappa shape index (κ1) is 14.3. The number of hydrogen-bond acceptors (Lipinski definition) is 4. The van der Waals surface area contributed by atoms with Crippen LogP contribution >= 0.6 is 11.8 Å². The molecule has 0 saturated heterocycles. The number of methoxy groups -OCH3 is 1. The topological polar surface area (TPSA) is 30.5 Å². The van der Waals surface area contributed by atoms with Gasteiger partial charge in [0.25, 0.3) is 0 Å². The van der Waals surface area contributed by atoms with Crippen LogP contribution in [0.5, 0.6) is 0 Å². The molecule has 1 fully saturated rings. The molecule has 0 aliphatic heterocycles. The zero-order valence-electron chi connectivity index (χ0n) is 10.6. The monoisotopic (exact) mass is 247 g/mol. The lowest BCUT2D eigenvalue weighted by Crippen LogP contribution is -2.36. The van der Waals surface area contributed by atoms with Gasteiger partial charge in [-0.25, -0.2) is 0 Å². The summed E-state index contributed by atoms with van der Waals surface area (Å²) in [6.07, 6.45) is 7.76. The Hall–Kier alpha value is 0.230. The number of hydrogen-bond donors (Lipinski definition) is 1. The molecular formula is C12H25NO2S. The van der Waals surface area contributed by atoms with E-state index in [1.807, 2.05) is 11.8 Å². The van der Waals surface area contributed by atoms with Crippen LogP contribution in [0.1, 0.15) is 25.7 Å².